The molecule has 1 aliphatic rings. The van der Waals surface area contributed by atoms with Gasteiger partial charge in [-0.3, -0.25) is 0 Å². The van der Waals surface area contributed by atoms with E-state index in [-0.39, 0.29) is 25.5 Å². The summed E-state index contributed by atoms with van der Waals surface area (Å²) in [5.41, 5.74) is 3.73. The normalized spacial score (nSPS) is 33.0. The summed E-state index contributed by atoms with van der Waals surface area (Å²) in [6.07, 6.45) is 0.628. The maximum Gasteiger partial charge on any atom is 0.278 e. The molecule has 0 heterocycles. The van der Waals surface area contributed by atoms with Crippen LogP contribution in [0.15, 0.2) is 0 Å². The van der Waals surface area contributed by atoms with Crippen molar-refractivity contribution in [2.75, 3.05) is 13.7 Å². The first-order valence-electron chi connectivity index (χ1n) is 5.26. The molecule has 1 aliphatic carbocycles. The van der Waals surface area contributed by atoms with Crippen LogP contribution in [-0.4, -0.2) is 36.4 Å². The molecule has 0 spiro atoms. The van der Waals surface area contributed by atoms with E-state index in [9.17, 15) is 13.9 Å². The molecule has 0 aromatic heterocycles. The Morgan fingerprint density at radius 1 is 1.47 bits per heavy atom. The number of nitrogens with two attached hydrogens (primary N) is 1. The topological polar surface area (TPSA) is 55.5 Å². The molecule has 0 bridgehead atoms. The Balaban J connectivity index is 2.59. The van der Waals surface area contributed by atoms with E-state index < -0.39 is 17.9 Å². The molecule has 1 rings (SSSR count). The van der Waals surface area contributed by atoms with Crippen LogP contribution in [0.2, 0.25) is 0 Å². The molecule has 1 saturated carbocycles. The molecule has 0 saturated heterocycles. The third-order valence-electron chi connectivity index (χ3n) is 3.16. The molecule has 0 amide bonds. The maximum atomic E-state index is 13.6. The van der Waals surface area contributed by atoms with Crippen LogP contribution in [0.4, 0.5) is 8.78 Å². The Labute approximate surface area is 88.6 Å². The van der Waals surface area contributed by atoms with E-state index in [1.54, 1.807) is 0 Å². The highest BCUT2D eigenvalue weighted by Crippen LogP contribution is 2.42. The fourth-order valence-corrected chi connectivity index (χ4v) is 1.95. The number of aliphatic hydroxyl groups is 1. The Morgan fingerprint density at radius 3 is 2.47 bits per heavy atom. The van der Waals surface area contributed by atoms with E-state index in [1.165, 1.54) is 7.11 Å². The second-order valence-corrected chi connectivity index (χ2v) is 4.32. The lowest BCUT2D eigenvalue weighted by Crippen LogP contribution is -2.52. The van der Waals surface area contributed by atoms with E-state index in [1.807, 2.05) is 0 Å². The lowest BCUT2D eigenvalue weighted by molar-refractivity contribution is -0.203. The van der Waals surface area contributed by atoms with E-state index in [4.69, 9.17) is 5.73 Å². The molecule has 90 valence electrons. The third-order valence-corrected chi connectivity index (χ3v) is 3.16. The Morgan fingerprint density at radius 2 is 2.00 bits per heavy atom. The van der Waals surface area contributed by atoms with Crippen LogP contribution in [0.3, 0.4) is 0 Å². The monoisotopic (exact) mass is 223 g/mol. The first-order chi connectivity index (χ1) is 6.91. The fourth-order valence-electron chi connectivity index (χ4n) is 1.95. The lowest BCUT2D eigenvalue weighted by atomic mass is 9.77. The molecule has 0 radical (unpaired) electrons. The zero-order valence-electron chi connectivity index (χ0n) is 9.01. The van der Waals surface area contributed by atoms with Gasteiger partial charge in [-0.05, 0) is 25.7 Å². The van der Waals surface area contributed by atoms with Crippen LogP contribution in [0, 0.1) is 0 Å². The summed E-state index contributed by atoms with van der Waals surface area (Å²) in [6.45, 7) is -0.0403. The van der Waals surface area contributed by atoms with Crippen molar-refractivity contribution < 1.29 is 18.6 Å². The molecular weight excluding hydrogens is 204 g/mol. The zero-order valence-corrected chi connectivity index (χ0v) is 9.01. The molecule has 0 aromatic rings. The van der Waals surface area contributed by atoms with Gasteiger partial charge in [0.1, 0.15) is 5.60 Å². The number of halogens is 2. The van der Waals surface area contributed by atoms with Crippen molar-refractivity contribution in [3.63, 3.8) is 0 Å². The summed E-state index contributed by atoms with van der Waals surface area (Å²) >= 11 is 0. The first-order valence-corrected chi connectivity index (χ1v) is 5.26. The fraction of sp³-hybridized carbons (Fsp3) is 1.00. The number of hydrogen-bond donors (Lipinski definition) is 2. The van der Waals surface area contributed by atoms with Gasteiger partial charge in [-0.1, -0.05) is 0 Å². The summed E-state index contributed by atoms with van der Waals surface area (Å²) in [7, 11) is 1.37. The minimum atomic E-state index is -3.08. The standard InChI is InChI=1S/C10H19F2NO2/c1-15-7-6-10(11,12)9(14)4-2-8(13)3-5-9/h8,14H,2-7,13H2,1H3. The van der Waals surface area contributed by atoms with Gasteiger partial charge < -0.3 is 15.6 Å². The summed E-state index contributed by atoms with van der Waals surface area (Å²) in [6, 6.07) is -0.0523. The van der Waals surface area contributed by atoms with Gasteiger partial charge in [0.05, 0.1) is 6.61 Å². The molecule has 0 unspecified atom stereocenters. The average molecular weight is 223 g/mol. The maximum absolute atomic E-state index is 13.6. The van der Waals surface area contributed by atoms with Crippen LogP contribution < -0.4 is 5.73 Å². The summed E-state index contributed by atoms with van der Waals surface area (Å²) in [4.78, 5) is 0. The van der Waals surface area contributed by atoms with Gasteiger partial charge in [-0.2, -0.15) is 0 Å². The van der Waals surface area contributed by atoms with Crippen molar-refractivity contribution in [3.05, 3.63) is 0 Å². The number of alkyl halides is 2. The van der Waals surface area contributed by atoms with Gasteiger partial charge in [-0.25, -0.2) is 8.78 Å². The van der Waals surface area contributed by atoms with E-state index in [0.717, 1.165) is 0 Å². The molecule has 0 aliphatic heterocycles. The van der Waals surface area contributed by atoms with Gasteiger partial charge in [-0.15, -0.1) is 0 Å². The predicted octanol–water partition coefficient (Wildman–Crippen LogP) is 1.29. The van der Waals surface area contributed by atoms with Gasteiger partial charge in [0.25, 0.3) is 5.92 Å². The van der Waals surface area contributed by atoms with Crippen LogP contribution >= 0.6 is 0 Å². The zero-order chi connectivity index (χ0) is 11.5. The number of rotatable bonds is 4. The van der Waals surface area contributed by atoms with E-state index >= 15 is 0 Å². The molecule has 0 atom stereocenters. The second-order valence-electron chi connectivity index (χ2n) is 4.32. The largest absolute Gasteiger partial charge is 0.384 e. The smallest absolute Gasteiger partial charge is 0.278 e. The van der Waals surface area contributed by atoms with Crippen LogP contribution in [-0.2, 0) is 4.74 Å². The van der Waals surface area contributed by atoms with E-state index in [0.29, 0.717) is 12.8 Å². The minimum Gasteiger partial charge on any atom is -0.384 e. The molecule has 1 fully saturated rings. The van der Waals surface area contributed by atoms with Gasteiger partial charge >= 0.3 is 0 Å². The van der Waals surface area contributed by atoms with Gasteiger partial charge in [0.15, 0.2) is 0 Å². The summed E-state index contributed by atoms with van der Waals surface area (Å²) in [5.74, 6) is -3.08. The van der Waals surface area contributed by atoms with Crippen LogP contribution in [0.25, 0.3) is 0 Å². The molecular formula is C10H19F2NO2. The van der Waals surface area contributed by atoms with Crippen molar-refractivity contribution in [1.82, 2.24) is 0 Å². The summed E-state index contributed by atoms with van der Waals surface area (Å²) in [5, 5.41) is 9.88. The Bertz CT molecular complexity index is 204. The molecule has 3 N–H and O–H groups in total. The average Bonchev–Trinajstić information content (AvgIpc) is 2.19. The molecule has 15 heavy (non-hydrogen) atoms. The quantitative estimate of drug-likeness (QED) is 0.755. The first kappa shape index (κ1) is 12.8. The van der Waals surface area contributed by atoms with Crippen molar-refractivity contribution in [2.24, 2.45) is 5.73 Å². The minimum absolute atomic E-state index is 0.0403. The Kier molecular flexibility index (Phi) is 4.03. The van der Waals surface area contributed by atoms with Crippen LogP contribution in [0.5, 0.6) is 0 Å². The van der Waals surface area contributed by atoms with Crippen molar-refractivity contribution in [3.8, 4) is 0 Å². The van der Waals surface area contributed by atoms with Crippen LogP contribution in [0.1, 0.15) is 32.1 Å². The van der Waals surface area contributed by atoms with Crippen molar-refractivity contribution in [2.45, 2.75) is 49.7 Å². The predicted molar refractivity (Wildman–Crippen MR) is 52.8 cm³/mol. The Hall–Kier alpha value is -0.260. The molecule has 0 aromatic carbocycles. The molecule has 3 nitrogen and oxygen atoms in total. The van der Waals surface area contributed by atoms with Gasteiger partial charge in [0, 0.05) is 19.6 Å². The highest BCUT2D eigenvalue weighted by molar-refractivity contribution is 4.97. The lowest BCUT2D eigenvalue weighted by Gasteiger charge is -2.40. The number of methoxy groups -OCH3 is 1. The SMILES string of the molecule is COCCC(F)(F)C1(O)CCC(N)CC1. The third kappa shape index (κ3) is 2.86. The second kappa shape index (κ2) is 4.72. The highest BCUT2D eigenvalue weighted by atomic mass is 19.3. The van der Waals surface area contributed by atoms with Crippen molar-refractivity contribution in [1.29, 1.82) is 0 Å². The summed E-state index contributed by atoms with van der Waals surface area (Å²) < 4.78 is 31.9. The van der Waals surface area contributed by atoms with Crippen molar-refractivity contribution >= 4 is 0 Å². The highest BCUT2D eigenvalue weighted by Gasteiger charge is 2.52. The molecule has 5 heteroatoms. The number of ether oxygens (including phenoxy) is 1. The van der Waals surface area contributed by atoms with E-state index in [2.05, 4.69) is 4.74 Å². The number of hydrogen-bond acceptors (Lipinski definition) is 3. The van der Waals surface area contributed by atoms with Gasteiger partial charge in [0.2, 0.25) is 0 Å².